The first-order chi connectivity index (χ1) is 13.0. The second-order valence-electron chi connectivity index (χ2n) is 8.93. The number of carbonyl (C=O) groups excluding carboxylic acids is 1. The van der Waals surface area contributed by atoms with Crippen LogP contribution >= 0.6 is 30.1 Å². The maximum Gasteiger partial charge on any atom is 0.139 e. The average Bonchev–Trinajstić information content (AvgIpc) is 2.98. The zero-order valence-electron chi connectivity index (χ0n) is 16.4. The molecule has 4 aliphatic carbocycles. The molecule has 2 fully saturated rings. The minimum atomic E-state index is -0.746. The predicted octanol–water partition coefficient (Wildman–Crippen LogP) is 5.47. The fraction of sp³-hybridized carbons (Fsp3) is 0.773. The number of hydrogen-bond donors (Lipinski definition) is 1. The van der Waals surface area contributed by atoms with E-state index < -0.39 is 5.60 Å². The molecule has 0 aromatic heterocycles. The van der Waals surface area contributed by atoms with Crippen LogP contribution in [0.4, 0.5) is 0 Å². The largest absolute Gasteiger partial charge is 0.498 e. The molecular weight excluding hydrogens is 471 g/mol. The summed E-state index contributed by atoms with van der Waals surface area (Å²) >= 11 is 2.31. The first-order valence-electron chi connectivity index (χ1n) is 10.5. The molecule has 0 aromatic carbocycles. The fourth-order valence-electron chi connectivity index (χ4n) is 6.99. The van der Waals surface area contributed by atoms with Gasteiger partial charge in [-0.05, 0) is 95.6 Å². The highest BCUT2D eigenvalue weighted by Crippen LogP contribution is 2.64. The van der Waals surface area contributed by atoms with Gasteiger partial charge in [0.05, 0.1) is 18.0 Å². The SMILES string of the molecule is CCOC1=CC2=CCC3C(C2CC1)C(O)(CSI)C[C@]1(CC)C(=O)CCC31. The van der Waals surface area contributed by atoms with Gasteiger partial charge in [-0.2, -0.15) is 0 Å². The van der Waals surface area contributed by atoms with E-state index in [1.54, 1.807) is 8.93 Å². The highest BCUT2D eigenvalue weighted by Gasteiger charge is 2.64. The number of carbonyl (C=O) groups is 1. The molecular formula is C22H31IO3S. The number of fused-ring (bicyclic) bond motifs is 5. The molecule has 0 bridgehead atoms. The first-order valence-corrected chi connectivity index (χ1v) is 14.0. The molecule has 0 aromatic rings. The summed E-state index contributed by atoms with van der Waals surface area (Å²) in [5.74, 6) is 3.82. The number of halogens is 1. The summed E-state index contributed by atoms with van der Waals surface area (Å²) in [6.45, 7) is 4.92. The van der Waals surface area contributed by atoms with Crippen molar-refractivity contribution >= 4 is 35.9 Å². The smallest absolute Gasteiger partial charge is 0.139 e. The van der Waals surface area contributed by atoms with E-state index in [0.717, 1.165) is 43.6 Å². The molecule has 0 amide bonds. The summed E-state index contributed by atoms with van der Waals surface area (Å²) in [6, 6.07) is 0. The minimum Gasteiger partial charge on any atom is -0.498 e. The lowest BCUT2D eigenvalue weighted by Crippen LogP contribution is -2.61. The Labute approximate surface area is 179 Å². The van der Waals surface area contributed by atoms with Gasteiger partial charge in [0.15, 0.2) is 0 Å². The van der Waals surface area contributed by atoms with Crippen LogP contribution in [0.3, 0.4) is 0 Å². The van der Waals surface area contributed by atoms with Gasteiger partial charge in [-0.1, -0.05) is 21.9 Å². The lowest BCUT2D eigenvalue weighted by atomic mass is 9.48. The lowest BCUT2D eigenvalue weighted by molar-refractivity contribution is -0.162. The Bertz CT molecular complexity index is 674. The molecule has 0 aliphatic heterocycles. The molecule has 5 unspecified atom stereocenters. The lowest BCUT2D eigenvalue weighted by Gasteiger charge is -2.59. The van der Waals surface area contributed by atoms with Gasteiger partial charge in [-0.3, -0.25) is 4.79 Å². The molecule has 4 rings (SSSR count). The number of allylic oxidation sites excluding steroid dienone is 4. The molecule has 4 aliphatic rings. The molecule has 150 valence electrons. The van der Waals surface area contributed by atoms with Crippen molar-refractivity contribution in [1.82, 2.24) is 0 Å². The molecule has 5 heteroatoms. The molecule has 0 radical (unpaired) electrons. The van der Waals surface area contributed by atoms with Gasteiger partial charge in [-0.25, -0.2) is 0 Å². The second kappa shape index (κ2) is 7.67. The van der Waals surface area contributed by atoms with E-state index in [1.807, 2.05) is 6.92 Å². The molecule has 0 spiro atoms. The van der Waals surface area contributed by atoms with Gasteiger partial charge in [0.2, 0.25) is 0 Å². The van der Waals surface area contributed by atoms with Gasteiger partial charge in [0.25, 0.3) is 0 Å². The van der Waals surface area contributed by atoms with Crippen molar-refractivity contribution < 1.29 is 14.6 Å². The van der Waals surface area contributed by atoms with Crippen molar-refractivity contribution in [3.63, 3.8) is 0 Å². The highest BCUT2D eigenvalue weighted by atomic mass is 127. The Hall–Kier alpha value is -0.0100. The van der Waals surface area contributed by atoms with Crippen LogP contribution < -0.4 is 0 Å². The molecule has 6 atom stereocenters. The quantitative estimate of drug-likeness (QED) is 0.507. The van der Waals surface area contributed by atoms with E-state index in [-0.39, 0.29) is 11.3 Å². The minimum absolute atomic E-state index is 0.273. The van der Waals surface area contributed by atoms with E-state index in [2.05, 4.69) is 40.3 Å². The molecule has 0 saturated heterocycles. The summed E-state index contributed by atoms with van der Waals surface area (Å²) in [4.78, 5) is 13.0. The maximum absolute atomic E-state index is 13.0. The Morgan fingerprint density at radius 3 is 2.85 bits per heavy atom. The normalized spacial score (nSPS) is 43.3. The fourth-order valence-corrected chi connectivity index (χ4v) is 9.09. The maximum atomic E-state index is 13.0. The zero-order chi connectivity index (χ0) is 19.2. The Morgan fingerprint density at radius 2 is 2.15 bits per heavy atom. The molecule has 3 nitrogen and oxygen atoms in total. The van der Waals surface area contributed by atoms with Crippen molar-refractivity contribution in [2.24, 2.45) is 29.1 Å². The van der Waals surface area contributed by atoms with Crippen LogP contribution in [0, 0.1) is 29.1 Å². The monoisotopic (exact) mass is 502 g/mol. The van der Waals surface area contributed by atoms with Crippen molar-refractivity contribution in [3.05, 3.63) is 23.5 Å². The molecule has 0 heterocycles. The first kappa shape index (κ1) is 20.3. The number of hydrogen-bond acceptors (Lipinski definition) is 4. The van der Waals surface area contributed by atoms with Crippen LogP contribution in [0.5, 0.6) is 0 Å². The third-order valence-electron chi connectivity index (χ3n) is 7.95. The number of ether oxygens (including phenoxy) is 1. The Kier molecular flexibility index (Phi) is 5.76. The third kappa shape index (κ3) is 3.14. The van der Waals surface area contributed by atoms with Crippen LogP contribution in [-0.2, 0) is 9.53 Å². The number of Topliss-reactive ketones (excluding diaryl/α,β-unsaturated/α-hetero) is 1. The van der Waals surface area contributed by atoms with Crippen molar-refractivity contribution in [1.29, 1.82) is 0 Å². The summed E-state index contributed by atoms with van der Waals surface area (Å²) in [5.41, 5.74) is 0.342. The Morgan fingerprint density at radius 1 is 1.33 bits per heavy atom. The van der Waals surface area contributed by atoms with Crippen LogP contribution in [-0.4, -0.2) is 28.9 Å². The highest BCUT2D eigenvalue weighted by molar-refractivity contribution is 14.2. The average molecular weight is 502 g/mol. The summed E-state index contributed by atoms with van der Waals surface area (Å²) in [5, 5.41) is 12.0. The van der Waals surface area contributed by atoms with Gasteiger partial charge >= 0.3 is 0 Å². The van der Waals surface area contributed by atoms with Crippen molar-refractivity contribution in [2.75, 3.05) is 12.4 Å². The van der Waals surface area contributed by atoms with Crippen LogP contribution in [0.2, 0.25) is 0 Å². The van der Waals surface area contributed by atoms with Crippen LogP contribution in [0.25, 0.3) is 0 Å². The van der Waals surface area contributed by atoms with Crippen LogP contribution in [0.1, 0.15) is 58.8 Å². The van der Waals surface area contributed by atoms with Gasteiger partial charge < -0.3 is 9.84 Å². The molecule has 27 heavy (non-hydrogen) atoms. The number of aliphatic hydroxyl groups is 1. The van der Waals surface area contributed by atoms with Crippen molar-refractivity contribution in [3.8, 4) is 0 Å². The predicted molar refractivity (Wildman–Crippen MR) is 119 cm³/mol. The standard InChI is InChI=1S/C22H31IO3S/c1-3-21-12-22(25,13-27-23)20-16-8-6-15(26-4-2)11-14(16)5-7-17(20)18(21)9-10-19(21)24/h5,11,16-18,20,25H,3-4,6-10,12-13H2,1-2H3/t16?,17?,18?,20?,21-,22?/m0/s1. The van der Waals surface area contributed by atoms with E-state index in [4.69, 9.17) is 4.74 Å². The van der Waals surface area contributed by atoms with Crippen LogP contribution in [0.15, 0.2) is 23.5 Å². The zero-order valence-corrected chi connectivity index (χ0v) is 19.4. The third-order valence-corrected chi connectivity index (χ3v) is 9.49. The van der Waals surface area contributed by atoms with Gasteiger partial charge in [-0.15, -0.1) is 0 Å². The Balaban J connectivity index is 1.75. The summed E-state index contributed by atoms with van der Waals surface area (Å²) in [6.07, 6.45) is 11.0. The summed E-state index contributed by atoms with van der Waals surface area (Å²) in [7, 11) is 1.70. The summed E-state index contributed by atoms with van der Waals surface area (Å²) < 4.78 is 5.79. The van der Waals surface area contributed by atoms with E-state index >= 15 is 0 Å². The second-order valence-corrected chi connectivity index (χ2v) is 11.3. The van der Waals surface area contributed by atoms with E-state index in [9.17, 15) is 9.90 Å². The van der Waals surface area contributed by atoms with Crippen molar-refractivity contribution in [2.45, 2.75) is 64.4 Å². The topological polar surface area (TPSA) is 46.5 Å². The number of rotatable bonds is 5. The molecule has 1 N–H and O–H groups in total. The van der Waals surface area contributed by atoms with Gasteiger partial charge in [0, 0.05) is 24.0 Å². The molecule has 2 saturated carbocycles. The van der Waals surface area contributed by atoms with Gasteiger partial charge in [0.1, 0.15) is 5.78 Å². The van der Waals surface area contributed by atoms with E-state index in [1.165, 1.54) is 5.57 Å². The van der Waals surface area contributed by atoms with E-state index in [0.29, 0.717) is 43.0 Å². The number of ketones is 1.